The van der Waals surface area contributed by atoms with Crippen LogP contribution in [-0.2, 0) is 6.42 Å². The molecule has 0 atom stereocenters. The fourth-order valence-electron chi connectivity index (χ4n) is 0.578. The lowest BCUT2D eigenvalue weighted by molar-refractivity contribution is 0.122. The van der Waals surface area contributed by atoms with Gasteiger partial charge in [0, 0.05) is 0 Å². The van der Waals surface area contributed by atoms with E-state index in [0.717, 1.165) is 12.1 Å². The van der Waals surface area contributed by atoms with Crippen molar-refractivity contribution in [3.8, 4) is 0 Å². The highest BCUT2D eigenvalue weighted by Gasteiger charge is 1.98. The second-order valence-electron chi connectivity index (χ2n) is 1.56. The molecule has 0 spiro atoms. The molecular weight excluding hydrogens is 118 g/mol. The molecule has 0 fully saturated rings. The molecule has 4 nitrogen and oxygen atoms in total. The van der Waals surface area contributed by atoms with Crippen LogP contribution in [-0.4, -0.2) is 22.3 Å². The molecule has 0 N–H and O–H groups in total. The van der Waals surface area contributed by atoms with E-state index in [1.54, 1.807) is 7.11 Å². The van der Waals surface area contributed by atoms with Crippen LogP contribution in [0.15, 0.2) is 0 Å². The van der Waals surface area contributed by atoms with E-state index in [9.17, 15) is 0 Å². The van der Waals surface area contributed by atoms with Gasteiger partial charge in [0.1, 0.15) is 19.0 Å². The lowest BCUT2D eigenvalue weighted by atomic mass is 10.4. The summed E-state index contributed by atoms with van der Waals surface area (Å²) >= 11 is 0. The van der Waals surface area contributed by atoms with Crippen molar-refractivity contribution in [3.05, 3.63) is 11.9 Å². The van der Waals surface area contributed by atoms with E-state index in [-0.39, 0.29) is 0 Å². The van der Waals surface area contributed by atoms with E-state index in [4.69, 9.17) is 4.84 Å². The SMILES string of the molecule is CCc1[c]nnn1OC. The van der Waals surface area contributed by atoms with Crippen LogP contribution in [0.25, 0.3) is 0 Å². The zero-order valence-corrected chi connectivity index (χ0v) is 5.46. The summed E-state index contributed by atoms with van der Waals surface area (Å²) in [6.45, 7) is 1.99. The number of hydrogen-bond donors (Lipinski definition) is 0. The highest BCUT2D eigenvalue weighted by molar-refractivity contribution is 4.88. The third-order valence-corrected chi connectivity index (χ3v) is 1.04. The summed E-state index contributed by atoms with van der Waals surface area (Å²) in [6.07, 6.45) is 3.52. The van der Waals surface area contributed by atoms with Crippen LogP contribution in [0.3, 0.4) is 0 Å². The second-order valence-corrected chi connectivity index (χ2v) is 1.56. The van der Waals surface area contributed by atoms with Gasteiger partial charge in [0.25, 0.3) is 0 Å². The zero-order chi connectivity index (χ0) is 6.69. The smallest absolute Gasteiger partial charge is 0.142 e. The van der Waals surface area contributed by atoms with Crippen LogP contribution < -0.4 is 4.84 Å². The van der Waals surface area contributed by atoms with Crippen LogP contribution in [0.5, 0.6) is 0 Å². The number of nitrogens with zero attached hydrogens (tertiary/aromatic N) is 3. The van der Waals surface area contributed by atoms with Crippen molar-refractivity contribution in [2.45, 2.75) is 13.3 Å². The van der Waals surface area contributed by atoms with Gasteiger partial charge in [0.15, 0.2) is 0 Å². The van der Waals surface area contributed by atoms with Gasteiger partial charge in [0.05, 0.1) is 0 Å². The Hall–Kier alpha value is -1.06. The topological polar surface area (TPSA) is 39.9 Å². The average molecular weight is 126 g/mol. The van der Waals surface area contributed by atoms with Crippen molar-refractivity contribution in [2.24, 2.45) is 0 Å². The van der Waals surface area contributed by atoms with Gasteiger partial charge >= 0.3 is 0 Å². The average Bonchev–Trinajstić information content (AvgIpc) is 2.33. The minimum atomic E-state index is 0.834. The molecule has 0 aliphatic heterocycles. The molecule has 0 amide bonds. The van der Waals surface area contributed by atoms with Gasteiger partial charge in [-0.05, 0) is 11.6 Å². The minimum Gasteiger partial charge on any atom is -0.399 e. The largest absolute Gasteiger partial charge is 0.399 e. The predicted octanol–water partition coefficient (Wildman–Crippen LogP) is -0.301. The number of aromatic nitrogens is 3. The highest BCUT2D eigenvalue weighted by atomic mass is 16.7. The third kappa shape index (κ3) is 1.01. The van der Waals surface area contributed by atoms with Crippen LogP contribution >= 0.6 is 0 Å². The Bertz CT molecular complexity index is 166. The highest BCUT2D eigenvalue weighted by Crippen LogP contribution is 1.91. The molecule has 0 unspecified atom stereocenters. The molecule has 9 heavy (non-hydrogen) atoms. The Morgan fingerprint density at radius 1 is 1.78 bits per heavy atom. The number of aryl methyl sites for hydroxylation is 1. The molecule has 1 rings (SSSR count). The van der Waals surface area contributed by atoms with E-state index >= 15 is 0 Å². The van der Waals surface area contributed by atoms with Crippen molar-refractivity contribution >= 4 is 0 Å². The molecule has 0 bridgehead atoms. The summed E-state index contributed by atoms with van der Waals surface area (Å²) in [5.41, 5.74) is 0.859. The Morgan fingerprint density at radius 3 is 3.00 bits per heavy atom. The fraction of sp³-hybridized carbons (Fsp3) is 0.600. The molecule has 49 valence electrons. The molecule has 1 radical (unpaired) electrons. The standard InChI is InChI=1S/C5H8N3O/c1-3-5-4-6-7-8(5)9-2/h3H2,1-2H3. The van der Waals surface area contributed by atoms with Crippen molar-refractivity contribution in [3.63, 3.8) is 0 Å². The van der Waals surface area contributed by atoms with Crippen LogP contribution in [0.4, 0.5) is 0 Å². The first-order chi connectivity index (χ1) is 4.38. The third-order valence-electron chi connectivity index (χ3n) is 1.04. The molecule has 4 heteroatoms. The summed E-state index contributed by atoms with van der Waals surface area (Å²) in [7, 11) is 1.54. The first-order valence-electron chi connectivity index (χ1n) is 2.75. The molecular formula is C5H8N3O. The Morgan fingerprint density at radius 2 is 2.56 bits per heavy atom. The lowest BCUT2D eigenvalue weighted by Gasteiger charge is -1.97. The zero-order valence-electron chi connectivity index (χ0n) is 5.46. The van der Waals surface area contributed by atoms with E-state index in [1.165, 1.54) is 4.85 Å². The Labute approximate surface area is 53.4 Å². The predicted molar refractivity (Wildman–Crippen MR) is 30.7 cm³/mol. The van der Waals surface area contributed by atoms with Gasteiger partial charge < -0.3 is 4.84 Å². The van der Waals surface area contributed by atoms with Gasteiger partial charge in [-0.1, -0.05) is 11.8 Å². The van der Waals surface area contributed by atoms with Crippen molar-refractivity contribution in [1.29, 1.82) is 0 Å². The fourth-order valence-corrected chi connectivity index (χ4v) is 0.578. The molecule has 0 saturated heterocycles. The van der Waals surface area contributed by atoms with Gasteiger partial charge in [-0.15, -0.1) is 5.10 Å². The summed E-state index contributed by atoms with van der Waals surface area (Å²) in [6, 6.07) is 0. The van der Waals surface area contributed by atoms with Crippen molar-refractivity contribution < 1.29 is 4.84 Å². The quantitative estimate of drug-likeness (QED) is 0.546. The van der Waals surface area contributed by atoms with Gasteiger partial charge in [-0.2, -0.15) is 0 Å². The molecule has 0 saturated carbocycles. The summed E-state index contributed by atoms with van der Waals surface area (Å²) in [4.78, 5) is 6.14. The van der Waals surface area contributed by atoms with Gasteiger partial charge in [0.2, 0.25) is 0 Å². The van der Waals surface area contributed by atoms with Crippen molar-refractivity contribution in [1.82, 2.24) is 15.2 Å². The normalized spacial score (nSPS) is 9.56. The first-order valence-corrected chi connectivity index (χ1v) is 2.75. The first kappa shape index (κ1) is 6.07. The summed E-state index contributed by atoms with van der Waals surface area (Å²) < 4.78 is 0. The molecule has 0 aliphatic carbocycles. The van der Waals surface area contributed by atoms with E-state index in [1.807, 2.05) is 6.92 Å². The van der Waals surface area contributed by atoms with E-state index in [2.05, 4.69) is 16.5 Å². The monoisotopic (exact) mass is 126 g/mol. The number of hydrogen-bond acceptors (Lipinski definition) is 3. The maximum atomic E-state index is 4.79. The molecule has 1 heterocycles. The lowest BCUT2D eigenvalue weighted by Crippen LogP contribution is -2.10. The molecule has 0 aliphatic rings. The maximum Gasteiger partial charge on any atom is 0.142 e. The molecule has 1 aromatic heterocycles. The minimum absolute atomic E-state index is 0.834. The van der Waals surface area contributed by atoms with Crippen LogP contribution in [0.1, 0.15) is 12.6 Å². The van der Waals surface area contributed by atoms with Crippen LogP contribution in [0.2, 0.25) is 0 Å². The van der Waals surface area contributed by atoms with Crippen LogP contribution in [0, 0.1) is 6.20 Å². The molecule has 1 aromatic rings. The Balaban J connectivity index is 2.85. The number of rotatable bonds is 2. The second kappa shape index (κ2) is 2.48. The Kier molecular flexibility index (Phi) is 1.67. The summed E-state index contributed by atoms with van der Waals surface area (Å²) in [5.74, 6) is 0. The van der Waals surface area contributed by atoms with Crippen molar-refractivity contribution in [2.75, 3.05) is 7.11 Å². The van der Waals surface area contributed by atoms with E-state index < -0.39 is 0 Å². The molecule has 0 aromatic carbocycles. The maximum absolute atomic E-state index is 4.79. The van der Waals surface area contributed by atoms with E-state index in [0.29, 0.717) is 0 Å². The van der Waals surface area contributed by atoms with Gasteiger partial charge in [-0.3, -0.25) is 0 Å². The van der Waals surface area contributed by atoms with Gasteiger partial charge in [-0.25, -0.2) is 0 Å². The summed E-state index contributed by atoms with van der Waals surface area (Å²) in [5, 5.41) is 7.12.